The van der Waals surface area contributed by atoms with Gasteiger partial charge in [0.05, 0.1) is 19.1 Å². The molecular formula is C18H29NO3. The molecule has 2 heterocycles. The Hall–Kier alpha value is -0.870. The summed E-state index contributed by atoms with van der Waals surface area (Å²) in [6.07, 6.45) is 4.23. The molecule has 22 heavy (non-hydrogen) atoms. The second-order valence-electron chi connectivity index (χ2n) is 7.84. The van der Waals surface area contributed by atoms with Gasteiger partial charge in [-0.3, -0.25) is 4.79 Å². The Morgan fingerprint density at radius 1 is 1.14 bits per heavy atom. The lowest BCUT2D eigenvalue weighted by Crippen LogP contribution is -2.42. The Balaban J connectivity index is 1.55. The summed E-state index contributed by atoms with van der Waals surface area (Å²) in [5, 5.41) is 0. The molecule has 0 aromatic rings. The first-order valence-corrected chi connectivity index (χ1v) is 8.58. The topological polar surface area (TPSA) is 38.8 Å². The minimum atomic E-state index is -0.0342. The van der Waals surface area contributed by atoms with Crippen LogP contribution in [0, 0.1) is 23.2 Å². The van der Waals surface area contributed by atoms with Gasteiger partial charge in [0.1, 0.15) is 0 Å². The SMILES string of the molecule is CC(C)=C[C@@H]1[C@H](C(=O)N2CCC(C3OCCO3)CC2)C1(C)C. The fourth-order valence-corrected chi connectivity index (χ4v) is 4.06. The third kappa shape index (κ3) is 2.95. The highest BCUT2D eigenvalue weighted by Crippen LogP contribution is 2.60. The molecule has 4 heteroatoms. The van der Waals surface area contributed by atoms with E-state index in [9.17, 15) is 4.79 Å². The molecule has 1 amide bonds. The van der Waals surface area contributed by atoms with E-state index in [1.54, 1.807) is 0 Å². The lowest BCUT2D eigenvalue weighted by atomic mass is 9.95. The molecule has 0 spiro atoms. The molecule has 2 aliphatic heterocycles. The van der Waals surface area contributed by atoms with Crippen LogP contribution < -0.4 is 0 Å². The van der Waals surface area contributed by atoms with Crippen LogP contribution in [0.5, 0.6) is 0 Å². The Morgan fingerprint density at radius 3 is 2.27 bits per heavy atom. The molecule has 4 nitrogen and oxygen atoms in total. The lowest BCUT2D eigenvalue weighted by molar-refractivity contribution is -0.139. The summed E-state index contributed by atoms with van der Waals surface area (Å²) in [6, 6.07) is 0. The van der Waals surface area contributed by atoms with Crippen molar-refractivity contribution < 1.29 is 14.3 Å². The molecule has 0 unspecified atom stereocenters. The third-order valence-corrected chi connectivity index (χ3v) is 5.57. The predicted molar refractivity (Wildman–Crippen MR) is 85.2 cm³/mol. The highest BCUT2D eigenvalue weighted by Gasteiger charge is 2.61. The minimum absolute atomic E-state index is 0.0342. The average molecular weight is 307 g/mol. The first kappa shape index (κ1) is 16.0. The Morgan fingerprint density at radius 2 is 1.73 bits per heavy atom. The van der Waals surface area contributed by atoms with Crippen molar-refractivity contribution in [2.45, 2.75) is 46.8 Å². The molecule has 3 aliphatic rings. The Kier molecular flexibility index (Phi) is 4.34. The largest absolute Gasteiger partial charge is 0.350 e. The summed E-state index contributed by atoms with van der Waals surface area (Å²) in [5.41, 5.74) is 1.42. The van der Waals surface area contributed by atoms with E-state index in [-0.39, 0.29) is 17.6 Å². The molecule has 2 saturated heterocycles. The van der Waals surface area contributed by atoms with Gasteiger partial charge >= 0.3 is 0 Å². The molecule has 3 rings (SSSR count). The second kappa shape index (κ2) is 5.97. The van der Waals surface area contributed by atoms with Crippen LogP contribution in [0.25, 0.3) is 0 Å². The smallest absolute Gasteiger partial charge is 0.226 e. The molecular weight excluding hydrogens is 278 g/mol. The van der Waals surface area contributed by atoms with Crippen LogP contribution in [0.3, 0.4) is 0 Å². The van der Waals surface area contributed by atoms with Gasteiger partial charge in [-0.2, -0.15) is 0 Å². The second-order valence-corrected chi connectivity index (χ2v) is 7.84. The van der Waals surface area contributed by atoms with E-state index >= 15 is 0 Å². The van der Waals surface area contributed by atoms with E-state index in [4.69, 9.17) is 9.47 Å². The van der Waals surface area contributed by atoms with Crippen molar-refractivity contribution in [2.24, 2.45) is 23.2 Å². The van der Waals surface area contributed by atoms with Crippen molar-refractivity contribution in [3.05, 3.63) is 11.6 Å². The molecule has 1 saturated carbocycles. The van der Waals surface area contributed by atoms with E-state index in [1.807, 2.05) is 0 Å². The lowest BCUT2D eigenvalue weighted by Gasteiger charge is -2.34. The number of hydrogen-bond donors (Lipinski definition) is 0. The van der Waals surface area contributed by atoms with Gasteiger partial charge in [0.2, 0.25) is 5.91 Å². The molecule has 0 radical (unpaired) electrons. The van der Waals surface area contributed by atoms with Crippen LogP contribution in [0.15, 0.2) is 11.6 Å². The molecule has 0 N–H and O–H groups in total. The number of carbonyl (C=O) groups is 1. The average Bonchev–Trinajstić information content (AvgIpc) is 2.87. The number of piperidine rings is 1. The van der Waals surface area contributed by atoms with Gasteiger partial charge < -0.3 is 14.4 Å². The van der Waals surface area contributed by atoms with Crippen LogP contribution in [-0.2, 0) is 14.3 Å². The monoisotopic (exact) mass is 307 g/mol. The maximum atomic E-state index is 12.8. The standard InChI is InChI=1S/C18H29NO3/c1-12(2)11-14-15(18(14,3)4)16(20)19-7-5-13(6-8-19)17-21-9-10-22-17/h11,13-15,17H,5-10H2,1-4H3/t14-,15-/m1/s1. The van der Waals surface area contributed by atoms with Crippen molar-refractivity contribution in [2.75, 3.05) is 26.3 Å². The quantitative estimate of drug-likeness (QED) is 0.753. The van der Waals surface area contributed by atoms with E-state index in [0.717, 1.165) is 25.9 Å². The molecule has 0 aromatic heterocycles. The molecule has 3 fully saturated rings. The third-order valence-electron chi connectivity index (χ3n) is 5.57. The molecule has 0 bridgehead atoms. The number of likely N-dealkylation sites (tertiary alicyclic amines) is 1. The van der Waals surface area contributed by atoms with E-state index in [1.165, 1.54) is 5.57 Å². The number of carbonyl (C=O) groups excluding carboxylic acids is 1. The number of amides is 1. The summed E-state index contributed by atoms with van der Waals surface area (Å²) >= 11 is 0. The number of ether oxygens (including phenoxy) is 2. The van der Waals surface area contributed by atoms with E-state index in [0.29, 0.717) is 31.0 Å². The first-order chi connectivity index (χ1) is 10.4. The van der Waals surface area contributed by atoms with Gasteiger partial charge in [0.15, 0.2) is 6.29 Å². The van der Waals surface area contributed by atoms with Crippen molar-refractivity contribution in [3.63, 3.8) is 0 Å². The highest BCUT2D eigenvalue weighted by atomic mass is 16.7. The first-order valence-electron chi connectivity index (χ1n) is 8.58. The number of rotatable bonds is 3. The van der Waals surface area contributed by atoms with Gasteiger partial charge in [-0.1, -0.05) is 25.5 Å². The molecule has 1 aliphatic carbocycles. The summed E-state index contributed by atoms with van der Waals surface area (Å²) in [6.45, 7) is 11.8. The minimum Gasteiger partial charge on any atom is -0.350 e. The number of hydrogen-bond acceptors (Lipinski definition) is 3. The Labute approximate surface area is 133 Å². The number of nitrogens with zero attached hydrogens (tertiary/aromatic N) is 1. The summed E-state index contributed by atoms with van der Waals surface area (Å²) < 4.78 is 11.2. The predicted octanol–water partition coefficient (Wildman–Crippen LogP) is 2.84. The maximum absolute atomic E-state index is 12.8. The van der Waals surface area contributed by atoms with Gasteiger partial charge in [-0.15, -0.1) is 0 Å². The fourth-order valence-electron chi connectivity index (χ4n) is 4.06. The van der Waals surface area contributed by atoms with E-state index in [2.05, 4.69) is 38.7 Å². The van der Waals surface area contributed by atoms with Crippen molar-refractivity contribution >= 4 is 5.91 Å². The fraction of sp³-hybridized carbons (Fsp3) is 0.833. The maximum Gasteiger partial charge on any atom is 0.226 e. The zero-order valence-corrected chi connectivity index (χ0v) is 14.3. The zero-order chi connectivity index (χ0) is 15.9. The summed E-state index contributed by atoms with van der Waals surface area (Å²) in [4.78, 5) is 14.9. The van der Waals surface area contributed by atoms with Crippen LogP contribution in [0.2, 0.25) is 0 Å². The van der Waals surface area contributed by atoms with E-state index < -0.39 is 0 Å². The van der Waals surface area contributed by atoms with Crippen LogP contribution in [0.4, 0.5) is 0 Å². The highest BCUT2D eigenvalue weighted by molar-refractivity contribution is 5.84. The zero-order valence-electron chi connectivity index (χ0n) is 14.3. The van der Waals surface area contributed by atoms with Gasteiger partial charge in [0, 0.05) is 19.0 Å². The van der Waals surface area contributed by atoms with Crippen LogP contribution in [-0.4, -0.2) is 43.4 Å². The molecule has 0 aromatic carbocycles. The van der Waals surface area contributed by atoms with Crippen molar-refractivity contribution in [1.82, 2.24) is 4.90 Å². The van der Waals surface area contributed by atoms with Crippen LogP contribution in [0.1, 0.15) is 40.5 Å². The van der Waals surface area contributed by atoms with Crippen molar-refractivity contribution in [1.29, 1.82) is 0 Å². The summed E-state index contributed by atoms with van der Waals surface area (Å²) in [7, 11) is 0. The van der Waals surface area contributed by atoms with Gasteiger partial charge in [-0.25, -0.2) is 0 Å². The van der Waals surface area contributed by atoms with Gasteiger partial charge in [-0.05, 0) is 38.0 Å². The normalized spacial score (nSPS) is 32.1. The number of allylic oxidation sites excluding steroid dienone is 2. The molecule has 2 atom stereocenters. The molecule has 124 valence electrons. The Bertz CT molecular complexity index is 453. The van der Waals surface area contributed by atoms with Crippen molar-refractivity contribution in [3.8, 4) is 0 Å². The summed E-state index contributed by atoms with van der Waals surface area (Å²) in [5.74, 6) is 1.37. The van der Waals surface area contributed by atoms with Crippen LogP contribution >= 0.6 is 0 Å². The van der Waals surface area contributed by atoms with Gasteiger partial charge in [0.25, 0.3) is 0 Å².